The lowest BCUT2D eigenvalue weighted by Crippen LogP contribution is -2.51. The number of aromatic nitrogens is 6. The summed E-state index contributed by atoms with van der Waals surface area (Å²) >= 11 is 0. The Balaban J connectivity index is 1.49. The van der Waals surface area contributed by atoms with E-state index in [4.69, 9.17) is 0 Å². The number of carboxylic acid groups (broad SMARTS) is 1. The molecule has 0 spiro atoms. The van der Waals surface area contributed by atoms with Gasteiger partial charge in [0.15, 0.2) is 17.5 Å². The highest BCUT2D eigenvalue weighted by Gasteiger charge is 2.47. The fourth-order valence-electron chi connectivity index (χ4n) is 5.74. The fourth-order valence-corrected chi connectivity index (χ4v) is 5.74. The van der Waals surface area contributed by atoms with E-state index >= 15 is 4.39 Å². The number of anilines is 1. The number of fused-ring (bicyclic) bond motifs is 4. The average molecular weight is 515 g/mol. The van der Waals surface area contributed by atoms with E-state index in [9.17, 15) is 23.1 Å². The molecule has 4 heterocycles. The number of aliphatic carboxylic acids is 1. The molecule has 7 rings (SSSR count). The maximum Gasteiger partial charge on any atom is 0.333 e. The number of carboxylic acids is 1. The first-order valence-corrected chi connectivity index (χ1v) is 11.8. The van der Waals surface area contributed by atoms with Gasteiger partial charge in [0.25, 0.3) is 0 Å². The molecule has 2 atom stereocenters. The van der Waals surface area contributed by atoms with Gasteiger partial charge in [-0.2, -0.15) is 13.9 Å². The second-order valence-corrected chi connectivity index (χ2v) is 9.48. The zero-order valence-electron chi connectivity index (χ0n) is 19.2. The zero-order valence-corrected chi connectivity index (χ0v) is 19.2. The van der Waals surface area contributed by atoms with Crippen molar-refractivity contribution in [1.29, 1.82) is 0 Å². The van der Waals surface area contributed by atoms with Gasteiger partial charge < -0.3 is 15.4 Å². The molecular weight excluding hydrogens is 494 g/mol. The third-order valence-electron chi connectivity index (χ3n) is 7.45. The molecule has 3 aliphatic carbocycles. The van der Waals surface area contributed by atoms with Crippen molar-refractivity contribution in [1.82, 2.24) is 29.7 Å². The minimum atomic E-state index is -2.94. The van der Waals surface area contributed by atoms with Crippen LogP contribution in [0.25, 0.3) is 33.8 Å². The Kier molecular flexibility index (Phi) is 5.57. The first kappa shape index (κ1) is 23.4. The molecule has 192 valence electrons. The van der Waals surface area contributed by atoms with Crippen molar-refractivity contribution in [2.75, 3.05) is 5.32 Å². The summed E-state index contributed by atoms with van der Waals surface area (Å²) in [6.07, 6.45) is 6.73. The van der Waals surface area contributed by atoms with E-state index in [1.165, 1.54) is 18.3 Å². The lowest BCUT2D eigenvalue weighted by Gasteiger charge is -2.47. The minimum Gasteiger partial charge on any atom is -0.481 e. The quantitative estimate of drug-likeness (QED) is 0.314. The van der Waals surface area contributed by atoms with E-state index in [0.29, 0.717) is 21.3 Å². The highest BCUT2D eigenvalue weighted by molar-refractivity contribution is 5.92. The summed E-state index contributed by atoms with van der Waals surface area (Å²) < 4.78 is 56.5. The highest BCUT2D eigenvalue weighted by atomic mass is 19.3. The van der Waals surface area contributed by atoms with E-state index in [1.807, 2.05) is 0 Å². The average Bonchev–Trinajstić information content (AvgIpc) is 3.53. The molecule has 3 N–H and O–H groups in total. The third kappa shape index (κ3) is 3.98. The van der Waals surface area contributed by atoms with Gasteiger partial charge in [0.05, 0.1) is 12.1 Å². The number of nitrogens with zero attached hydrogens (tertiary/aromatic N) is 5. The van der Waals surface area contributed by atoms with Crippen molar-refractivity contribution in [3.63, 3.8) is 0 Å². The largest absolute Gasteiger partial charge is 0.481 e. The van der Waals surface area contributed by atoms with Crippen LogP contribution in [0, 0.1) is 29.4 Å². The summed E-state index contributed by atoms with van der Waals surface area (Å²) in [5.41, 5.74) is 0.143. The van der Waals surface area contributed by atoms with Crippen LogP contribution in [0.3, 0.4) is 0 Å². The molecule has 0 aliphatic heterocycles. The standard InChI is InChI=1S/C24H21F4N7O2/c25-12-7-13-14(9-30-20(13)29-8-12)21-32-19(15-5-6-35(34-15)24(27)28)17(26)22(33-21)31-18-11-3-1-10(2-4-11)16(18)23(36)37/h5-11,16,18,24H,1-4H2,(H,29,30)(H,36,37)(H,31,32,33)/t10?,11?,16-,18-/m0/s1. The molecule has 9 nitrogen and oxygen atoms in total. The summed E-state index contributed by atoms with van der Waals surface area (Å²) in [6.45, 7) is -2.94. The van der Waals surface area contributed by atoms with E-state index in [0.717, 1.165) is 38.1 Å². The van der Waals surface area contributed by atoms with Crippen LogP contribution in [0.1, 0.15) is 32.2 Å². The summed E-state index contributed by atoms with van der Waals surface area (Å²) in [6, 6.07) is 1.85. The van der Waals surface area contributed by atoms with Crippen molar-refractivity contribution >= 4 is 22.8 Å². The van der Waals surface area contributed by atoms with Gasteiger partial charge in [0.2, 0.25) is 0 Å². The predicted molar refractivity (Wildman–Crippen MR) is 123 cm³/mol. The van der Waals surface area contributed by atoms with Gasteiger partial charge in [-0.05, 0) is 49.7 Å². The predicted octanol–water partition coefficient (Wildman–Crippen LogP) is 4.86. The molecule has 13 heteroatoms. The second-order valence-electron chi connectivity index (χ2n) is 9.48. The Morgan fingerprint density at radius 1 is 1.16 bits per heavy atom. The SMILES string of the molecule is O=C(O)[C@H]1C2CCC(CC2)[C@@H]1Nc1nc(-c2c[nH]c3ncc(F)cc23)nc(-c2ccn(C(F)F)n2)c1F. The molecule has 0 saturated heterocycles. The molecule has 3 aliphatic rings. The number of rotatable bonds is 6. The first-order chi connectivity index (χ1) is 17.8. The Bertz CT molecular complexity index is 1500. The van der Waals surface area contributed by atoms with Crippen LogP contribution in [0.4, 0.5) is 23.4 Å². The van der Waals surface area contributed by atoms with Crippen LogP contribution >= 0.6 is 0 Å². The van der Waals surface area contributed by atoms with E-state index in [2.05, 4.69) is 30.4 Å². The molecule has 0 aromatic carbocycles. The lowest BCUT2D eigenvalue weighted by molar-refractivity contribution is -0.148. The maximum absolute atomic E-state index is 15.8. The van der Waals surface area contributed by atoms with Crippen LogP contribution in [-0.2, 0) is 4.79 Å². The molecule has 0 radical (unpaired) electrons. The number of aromatic amines is 1. The van der Waals surface area contributed by atoms with Gasteiger partial charge in [-0.3, -0.25) is 4.79 Å². The van der Waals surface area contributed by atoms with E-state index < -0.39 is 36.1 Å². The smallest absolute Gasteiger partial charge is 0.333 e. The van der Waals surface area contributed by atoms with Gasteiger partial charge in [0, 0.05) is 29.4 Å². The van der Waals surface area contributed by atoms with E-state index in [-0.39, 0.29) is 34.9 Å². The normalized spacial score (nSPS) is 23.2. The Morgan fingerprint density at radius 3 is 2.62 bits per heavy atom. The molecule has 37 heavy (non-hydrogen) atoms. The Hall–Kier alpha value is -4.03. The summed E-state index contributed by atoms with van der Waals surface area (Å²) in [4.78, 5) is 27.6. The zero-order chi connectivity index (χ0) is 25.8. The van der Waals surface area contributed by atoms with Crippen LogP contribution in [0.5, 0.6) is 0 Å². The number of halogens is 4. The molecule has 3 saturated carbocycles. The van der Waals surface area contributed by atoms with Crippen LogP contribution in [-0.4, -0.2) is 46.8 Å². The van der Waals surface area contributed by atoms with Gasteiger partial charge in [-0.25, -0.2) is 28.4 Å². The second kappa shape index (κ2) is 8.82. The number of carbonyl (C=O) groups is 1. The molecule has 3 fully saturated rings. The van der Waals surface area contributed by atoms with Gasteiger partial charge in [0.1, 0.15) is 22.9 Å². The number of pyridine rings is 1. The monoisotopic (exact) mass is 515 g/mol. The number of alkyl halides is 2. The molecular formula is C24H21F4N7O2. The van der Waals surface area contributed by atoms with Crippen molar-refractivity contribution < 1.29 is 27.5 Å². The summed E-state index contributed by atoms with van der Waals surface area (Å²) in [7, 11) is 0. The third-order valence-corrected chi connectivity index (χ3v) is 7.45. The van der Waals surface area contributed by atoms with Crippen LogP contribution in [0.2, 0.25) is 0 Å². The van der Waals surface area contributed by atoms with Crippen molar-refractivity contribution in [2.45, 2.75) is 38.3 Å². The number of hydrogen-bond acceptors (Lipinski definition) is 6. The number of nitrogens with one attached hydrogen (secondary N) is 2. The molecule has 4 aromatic heterocycles. The Morgan fingerprint density at radius 2 is 1.92 bits per heavy atom. The van der Waals surface area contributed by atoms with Crippen LogP contribution in [0.15, 0.2) is 30.7 Å². The Labute approximate surface area is 207 Å². The van der Waals surface area contributed by atoms with Crippen molar-refractivity contribution in [2.24, 2.45) is 17.8 Å². The molecule has 0 amide bonds. The lowest BCUT2D eigenvalue weighted by atomic mass is 9.61. The topological polar surface area (TPSA) is 122 Å². The van der Waals surface area contributed by atoms with Crippen molar-refractivity contribution in [3.8, 4) is 22.8 Å². The van der Waals surface area contributed by atoms with Crippen LogP contribution < -0.4 is 5.32 Å². The number of H-pyrrole nitrogens is 1. The molecule has 4 aromatic rings. The summed E-state index contributed by atoms with van der Waals surface area (Å²) in [5, 5.41) is 17.0. The molecule has 2 bridgehead atoms. The van der Waals surface area contributed by atoms with Gasteiger partial charge >= 0.3 is 12.5 Å². The highest BCUT2D eigenvalue weighted by Crippen LogP contribution is 2.46. The molecule has 0 unspecified atom stereocenters. The summed E-state index contributed by atoms with van der Waals surface area (Å²) in [5.74, 6) is -3.56. The first-order valence-electron chi connectivity index (χ1n) is 11.8. The van der Waals surface area contributed by atoms with E-state index in [1.54, 1.807) is 0 Å². The number of hydrogen-bond donors (Lipinski definition) is 3. The minimum absolute atomic E-state index is 0.0109. The van der Waals surface area contributed by atoms with Gasteiger partial charge in [-0.15, -0.1) is 0 Å². The maximum atomic E-state index is 15.8. The fraction of sp³-hybridized carbons (Fsp3) is 0.375. The van der Waals surface area contributed by atoms with Gasteiger partial charge in [-0.1, -0.05) is 0 Å². The van der Waals surface area contributed by atoms with Crippen molar-refractivity contribution in [3.05, 3.63) is 42.4 Å².